The molecule has 3 aromatic rings. The van der Waals surface area contributed by atoms with Gasteiger partial charge in [-0.25, -0.2) is 9.97 Å². The quantitative estimate of drug-likeness (QED) is 0.627. The number of methoxy groups -OCH3 is 1. The molecule has 1 atom stereocenters. The smallest absolute Gasteiger partial charge is 0.433 e. The lowest BCUT2D eigenvalue weighted by molar-refractivity contribution is -0.141. The number of alkyl halides is 3. The van der Waals surface area contributed by atoms with Gasteiger partial charge >= 0.3 is 6.18 Å². The van der Waals surface area contributed by atoms with Crippen molar-refractivity contribution in [2.45, 2.75) is 44.4 Å². The molecule has 0 spiro atoms. The summed E-state index contributed by atoms with van der Waals surface area (Å²) in [4.78, 5) is 21.0. The largest absolute Gasteiger partial charge is 0.496 e. The van der Waals surface area contributed by atoms with Gasteiger partial charge in [0.15, 0.2) is 0 Å². The van der Waals surface area contributed by atoms with Crippen LogP contribution in [0.25, 0.3) is 5.65 Å². The van der Waals surface area contributed by atoms with Crippen molar-refractivity contribution in [2.75, 3.05) is 19.0 Å². The van der Waals surface area contributed by atoms with Crippen LogP contribution in [0.1, 0.15) is 54.4 Å². The van der Waals surface area contributed by atoms with Crippen molar-refractivity contribution in [3.05, 3.63) is 53.6 Å². The molecule has 10 heteroatoms. The number of carbonyl (C=O) groups excluding carboxylic acids is 1. The molecule has 3 aromatic heterocycles. The molecular weight excluding hydrogens is 425 g/mol. The number of ether oxygens (including phenoxy) is 2. The molecule has 0 aromatic carbocycles. The number of rotatable bonds is 4. The third kappa shape index (κ3) is 4.55. The van der Waals surface area contributed by atoms with Crippen molar-refractivity contribution < 1.29 is 27.4 Å². The van der Waals surface area contributed by atoms with Gasteiger partial charge in [-0.1, -0.05) is 6.07 Å². The van der Waals surface area contributed by atoms with E-state index >= 15 is 0 Å². The summed E-state index contributed by atoms with van der Waals surface area (Å²) in [5, 5.41) is 2.41. The summed E-state index contributed by atoms with van der Waals surface area (Å²) < 4.78 is 51.6. The maximum Gasteiger partial charge on any atom is 0.433 e. The Bertz CT molecular complexity index is 1160. The van der Waals surface area contributed by atoms with Crippen LogP contribution < -0.4 is 10.1 Å². The first-order valence-corrected chi connectivity index (χ1v) is 10.1. The Labute approximate surface area is 182 Å². The van der Waals surface area contributed by atoms with Gasteiger partial charge in [0.2, 0.25) is 0 Å². The maximum absolute atomic E-state index is 12.9. The van der Waals surface area contributed by atoms with E-state index in [0.717, 1.165) is 24.6 Å². The van der Waals surface area contributed by atoms with Gasteiger partial charge in [-0.3, -0.25) is 4.79 Å². The highest BCUT2D eigenvalue weighted by Gasteiger charge is 2.33. The molecule has 1 aliphatic heterocycles. The summed E-state index contributed by atoms with van der Waals surface area (Å²) >= 11 is 0. The predicted molar refractivity (Wildman–Crippen MR) is 111 cm³/mol. The van der Waals surface area contributed by atoms with E-state index < -0.39 is 17.8 Å². The van der Waals surface area contributed by atoms with Crippen molar-refractivity contribution in [1.82, 2.24) is 14.4 Å². The van der Waals surface area contributed by atoms with Crippen molar-refractivity contribution in [3.8, 4) is 5.75 Å². The lowest BCUT2D eigenvalue weighted by Crippen LogP contribution is -2.33. The van der Waals surface area contributed by atoms with Gasteiger partial charge < -0.3 is 19.2 Å². The number of imidazole rings is 1. The predicted octanol–water partition coefficient (Wildman–Crippen LogP) is 4.68. The standard InChI is InChI=1S/C22H23F3N4O3/c1-21(2)10-13(7-8-32-21)15-12-29-11-14(16(31-3)9-19(29)26-15)20(30)28-18-6-4-5-17(27-18)22(23,24)25/h4-6,9,11-13H,7-8,10H2,1-3H3,(H,27,28,30). The zero-order valence-corrected chi connectivity index (χ0v) is 17.9. The first kappa shape index (κ1) is 22.1. The fraction of sp³-hybridized carbons (Fsp3) is 0.409. The Morgan fingerprint density at radius 3 is 2.75 bits per heavy atom. The highest BCUT2D eigenvalue weighted by molar-refractivity contribution is 6.05. The molecule has 1 amide bonds. The van der Waals surface area contributed by atoms with E-state index in [2.05, 4.69) is 10.3 Å². The van der Waals surface area contributed by atoms with Crippen LogP contribution in [0, 0.1) is 0 Å². The number of anilines is 1. The van der Waals surface area contributed by atoms with Crippen LogP contribution in [-0.2, 0) is 10.9 Å². The molecule has 7 nitrogen and oxygen atoms in total. The van der Waals surface area contributed by atoms with E-state index in [4.69, 9.17) is 14.5 Å². The van der Waals surface area contributed by atoms with Gasteiger partial charge in [0.25, 0.3) is 5.91 Å². The number of carbonyl (C=O) groups is 1. The topological polar surface area (TPSA) is 77.8 Å². The molecule has 1 fully saturated rings. The third-order valence-electron chi connectivity index (χ3n) is 5.43. The summed E-state index contributed by atoms with van der Waals surface area (Å²) in [6.07, 6.45) is 0.475. The number of hydrogen-bond donors (Lipinski definition) is 1. The van der Waals surface area contributed by atoms with Crippen LogP contribution in [0.5, 0.6) is 5.75 Å². The van der Waals surface area contributed by atoms with Crippen molar-refractivity contribution in [2.24, 2.45) is 0 Å². The number of nitrogens with zero attached hydrogens (tertiary/aromatic N) is 3. The van der Waals surface area contributed by atoms with Crippen LogP contribution in [0.3, 0.4) is 0 Å². The number of fused-ring (bicyclic) bond motifs is 1. The van der Waals surface area contributed by atoms with Crippen molar-refractivity contribution in [3.63, 3.8) is 0 Å². The number of halogens is 3. The van der Waals surface area contributed by atoms with Crippen molar-refractivity contribution >= 4 is 17.4 Å². The van der Waals surface area contributed by atoms with Crippen LogP contribution in [0.2, 0.25) is 0 Å². The van der Waals surface area contributed by atoms with Crippen LogP contribution >= 0.6 is 0 Å². The highest BCUT2D eigenvalue weighted by Crippen LogP contribution is 2.36. The van der Waals surface area contributed by atoms with E-state index in [0.29, 0.717) is 12.3 Å². The molecule has 1 unspecified atom stereocenters. The second kappa shape index (κ2) is 8.09. The zero-order chi connectivity index (χ0) is 23.1. The number of aromatic nitrogens is 3. The maximum atomic E-state index is 12.9. The summed E-state index contributed by atoms with van der Waals surface area (Å²) in [5.41, 5.74) is 0.321. The normalized spacial score (nSPS) is 18.5. The minimum atomic E-state index is -4.61. The van der Waals surface area contributed by atoms with Gasteiger partial charge in [0.05, 0.1) is 24.0 Å². The number of pyridine rings is 2. The van der Waals surface area contributed by atoms with Crippen molar-refractivity contribution in [1.29, 1.82) is 0 Å². The Kier molecular flexibility index (Phi) is 5.58. The molecule has 4 heterocycles. The molecule has 1 aliphatic rings. The van der Waals surface area contributed by atoms with Gasteiger partial charge in [-0.2, -0.15) is 13.2 Å². The minimum Gasteiger partial charge on any atom is -0.496 e. The summed E-state index contributed by atoms with van der Waals surface area (Å²) in [6, 6.07) is 4.94. The summed E-state index contributed by atoms with van der Waals surface area (Å²) in [7, 11) is 1.41. The monoisotopic (exact) mass is 448 g/mol. The van der Waals surface area contributed by atoms with Gasteiger partial charge in [-0.05, 0) is 38.8 Å². The Morgan fingerprint density at radius 2 is 2.06 bits per heavy atom. The Hall–Kier alpha value is -3.14. The molecule has 0 aliphatic carbocycles. The van der Waals surface area contributed by atoms with Gasteiger partial charge in [0.1, 0.15) is 22.9 Å². The zero-order valence-electron chi connectivity index (χ0n) is 17.9. The van der Waals surface area contributed by atoms with E-state index in [1.54, 1.807) is 16.7 Å². The second-order valence-electron chi connectivity index (χ2n) is 8.34. The molecule has 4 rings (SSSR count). The third-order valence-corrected chi connectivity index (χ3v) is 5.43. The second-order valence-corrected chi connectivity index (χ2v) is 8.34. The summed E-state index contributed by atoms with van der Waals surface area (Å²) in [6.45, 7) is 4.73. The lowest BCUT2D eigenvalue weighted by atomic mass is 9.86. The van der Waals surface area contributed by atoms with Gasteiger partial charge in [-0.15, -0.1) is 0 Å². The lowest BCUT2D eigenvalue weighted by Gasteiger charge is -2.34. The minimum absolute atomic E-state index is 0.149. The molecule has 170 valence electrons. The average molecular weight is 448 g/mol. The molecule has 0 radical (unpaired) electrons. The highest BCUT2D eigenvalue weighted by atomic mass is 19.4. The fourth-order valence-corrected chi connectivity index (χ4v) is 3.90. The van der Waals surface area contributed by atoms with Crippen LogP contribution in [-0.4, -0.2) is 39.6 Å². The van der Waals surface area contributed by atoms with E-state index in [9.17, 15) is 18.0 Å². The summed E-state index contributed by atoms with van der Waals surface area (Å²) in [5.74, 6) is -0.372. The Balaban J connectivity index is 1.63. The van der Waals surface area contributed by atoms with Crippen LogP contribution in [0.4, 0.5) is 19.0 Å². The van der Waals surface area contributed by atoms with E-state index in [1.807, 2.05) is 20.0 Å². The molecule has 0 bridgehead atoms. The molecular formula is C22H23F3N4O3. The first-order valence-electron chi connectivity index (χ1n) is 10.1. The molecule has 1 saturated heterocycles. The van der Waals surface area contributed by atoms with Gasteiger partial charge in [0, 0.05) is 31.0 Å². The average Bonchev–Trinajstić information content (AvgIpc) is 3.14. The fourth-order valence-electron chi connectivity index (χ4n) is 3.90. The number of amides is 1. The molecule has 0 saturated carbocycles. The number of hydrogen-bond acceptors (Lipinski definition) is 5. The number of nitrogens with one attached hydrogen (secondary N) is 1. The first-order chi connectivity index (χ1) is 15.1. The van der Waals surface area contributed by atoms with Crippen LogP contribution in [0.15, 0.2) is 36.7 Å². The Morgan fingerprint density at radius 1 is 1.28 bits per heavy atom. The molecule has 1 N–H and O–H groups in total. The van der Waals surface area contributed by atoms with E-state index in [-0.39, 0.29) is 28.6 Å². The van der Waals surface area contributed by atoms with E-state index in [1.165, 1.54) is 19.2 Å². The SMILES string of the molecule is COc1cc2nc(C3CCOC(C)(C)C3)cn2cc1C(=O)Nc1cccc(C(F)(F)F)n1. The molecule has 32 heavy (non-hydrogen) atoms.